The summed E-state index contributed by atoms with van der Waals surface area (Å²) < 4.78 is 10.1. The number of hydrogen-bond donors (Lipinski definition) is 2. The Bertz CT molecular complexity index is 586. The van der Waals surface area contributed by atoms with Crippen molar-refractivity contribution in [3.05, 3.63) is 35.7 Å². The van der Waals surface area contributed by atoms with Crippen LogP contribution in [0.4, 0.5) is 4.79 Å². The van der Waals surface area contributed by atoms with Crippen LogP contribution in [0, 0.1) is 0 Å². The Morgan fingerprint density at radius 2 is 2.05 bits per heavy atom. The topological polar surface area (TPSA) is 109 Å². The van der Waals surface area contributed by atoms with E-state index < -0.39 is 18.3 Å². The van der Waals surface area contributed by atoms with Crippen LogP contribution in [-0.4, -0.2) is 58.8 Å². The second-order valence-electron chi connectivity index (χ2n) is 4.58. The third-order valence-corrected chi connectivity index (χ3v) is 3.31. The Labute approximate surface area is 126 Å². The summed E-state index contributed by atoms with van der Waals surface area (Å²) in [6, 6.07) is 3.37. The average Bonchev–Trinajstić information content (AvgIpc) is 2.52. The molecule has 118 valence electrons. The number of rotatable bonds is 5. The van der Waals surface area contributed by atoms with E-state index in [0.29, 0.717) is 11.1 Å². The first-order valence-corrected chi connectivity index (χ1v) is 6.53. The Balaban J connectivity index is 2.49. The summed E-state index contributed by atoms with van der Waals surface area (Å²) in [6.45, 7) is -0.0764. The lowest BCUT2D eigenvalue weighted by atomic mass is 9.93. The standard InChI is InChI=1S/C14H16N2O6/c1-21-8-22-12-11(13(17)18)10(4-7-16(12)14(19)20)9-2-5-15-6-3-9/h2-3,5-6,12H,4,7-8H2,1H3,(H,17,18)(H,19,20). The highest BCUT2D eigenvalue weighted by Crippen LogP contribution is 2.32. The Hall–Kier alpha value is -2.45. The van der Waals surface area contributed by atoms with Gasteiger partial charge in [0, 0.05) is 26.0 Å². The first kappa shape index (κ1) is 15.9. The van der Waals surface area contributed by atoms with Crippen molar-refractivity contribution in [3.63, 3.8) is 0 Å². The maximum atomic E-state index is 11.7. The summed E-state index contributed by atoms with van der Waals surface area (Å²) in [5.74, 6) is -1.22. The van der Waals surface area contributed by atoms with Crippen LogP contribution in [0.2, 0.25) is 0 Å². The lowest BCUT2D eigenvalue weighted by Crippen LogP contribution is -2.47. The number of nitrogens with zero attached hydrogens (tertiary/aromatic N) is 2. The molecule has 1 unspecified atom stereocenters. The molecule has 0 aliphatic carbocycles. The molecule has 8 heteroatoms. The van der Waals surface area contributed by atoms with Gasteiger partial charge in [0.05, 0.1) is 5.57 Å². The van der Waals surface area contributed by atoms with Crippen LogP contribution in [-0.2, 0) is 14.3 Å². The number of carbonyl (C=O) groups is 2. The van der Waals surface area contributed by atoms with Crippen LogP contribution >= 0.6 is 0 Å². The predicted octanol–water partition coefficient (Wildman–Crippen LogP) is 1.25. The van der Waals surface area contributed by atoms with E-state index in [2.05, 4.69) is 4.98 Å². The molecule has 1 aliphatic rings. The largest absolute Gasteiger partial charge is 0.478 e. The maximum absolute atomic E-state index is 11.7. The summed E-state index contributed by atoms with van der Waals surface area (Å²) in [5.41, 5.74) is 1.12. The van der Waals surface area contributed by atoms with Crippen molar-refractivity contribution >= 4 is 17.6 Å². The minimum Gasteiger partial charge on any atom is -0.478 e. The average molecular weight is 308 g/mol. The quantitative estimate of drug-likeness (QED) is 0.788. The number of hydrogen-bond acceptors (Lipinski definition) is 5. The van der Waals surface area contributed by atoms with Gasteiger partial charge in [0.2, 0.25) is 0 Å². The Kier molecular flexibility index (Phi) is 5.08. The molecule has 0 bridgehead atoms. The van der Waals surface area contributed by atoms with Crippen LogP contribution in [0.3, 0.4) is 0 Å². The minimum atomic E-state index is -1.24. The molecule has 0 radical (unpaired) electrons. The van der Waals surface area contributed by atoms with E-state index in [1.54, 1.807) is 24.5 Å². The zero-order chi connectivity index (χ0) is 16.1. The van der Waals surface area contributed by atoms with Crippen molar-refractivity contribution in [2.45, 2.75) is 12.6 Å². The molecular formula is C14H16N2O6. The highest BCUT2D eigenvalue weighted by molar-refractivity contribution is 5.98. The molecule has 22 heavy (non-hydrogen) atoms. The third-order valence-electron chi connectivity index (χ3n) is 3.31. The monoisotopic (exact) mass is 308 g/mol. The van der Waals surface area contributed by atoms with Gasteiger partial charge in [0.15, 0.2) is 6.23 Å². The zero-order valence-electron chi connectivity index (χ0n) is 11.9. The van der Waals surface area contributed by atoms with Crippen LogP contribution in [0.15, 0.2) is 30.1 Å². The summed E-state index contributed by atoms with van der Waals surface area (Å²) in [7, 11) is 1.38. The SMILES string of the molecule is COCOC1C(C(=O)O)=C(c2ccncc2)CCN1C(=O)O. The van der Waals surface area contributed by atoms with Crippen molar-refractivity contribution in [2.24, 2.45) is 0 Å². The zero-order valence-corrected chi connectivity index (χ0v) is 11.9. The lowest BCUT2D eigenvalue weighted by molar-refractivity contribution is -0.141. The van der Waals surface area contributed by atoms with Gasteiger partial charge in [-0.1, -0.05) is 0 Å². The predicted molar refractivity (Wildman–Crippen MR) is 74.9 cm³/mol. The van der Waals surface area contributed by atoms with E-state index in [1.165, 1.54) is 7.11 Å². The highest BCUT2D eigenvalue weighted by Gasteiger charge is 2.37. The highest BCUT2D eigenvalue weighted by atomic mass is 16.7. The van der Waals surface area contributed by atoms with Crippen LogP contribution in [0.5, 0.6) is 0 Å². The van der Waals surface area contributed by atoms with Crippen LogP contribution in [0.25, 0.3) is 5.57 Å². The number of ether oxygens (including phenoxy) is 2. The molecule has 0 saturated heterocycles. The molecule has 0 saturated carbocycles. The van der Waals surface area contributed by atoms with Gasteiger partial charge in [-0.05, 0) is 29.7 Å². The summed E-state index contributed by atoms with van der Waals surface area (Å²) >= 11 is 0. The minimum absolute atomic E-state index is 0.100. The van der Waals surface area contributed by atoms with Crippen molar-refractivity contribution < 1.29 is 29.3 Å². The molecule has 2 N–H and O–H groups in total. The molecule has 0 spiro atoms. The molecular weight excluding hydrogens is 292 g/mol. The van der Waals surface area contributed by atoms with E-state index in [4.69, 9.17) is 9.47 Å². The van der Waals surface area contributed by atoms with E-state index in [1.807, 2.05) is 0 Å². The second kappa shape index (κ2) is 7.01. The van der Waals surface area contributed by atoms with Crippen LogP contribution < -0.4 is 0 Å². The first-order valence-electron chi connectivity index (χ1n) is 6.53. The van der Waals surface area contributed by atoms with Gasteiger partial charge in [-0.25, -0.2) is 9.59 Å². The van der Waals surface area contributed by atoms with Crippen molar-refractivity contribution in [1.29, 1.82) is 0 Å². The summed E-state index contributed by atoms with van der Waals surface area (Å²) in [5, 5.41) is 18.8. The number of pyridine rings is 1. The normalized spacial score (nSPS) is 18.4. The molecule has 1 aliphatic heterocycles. The number of aliphatic carboxylic acids is 1. The first-order chi connectivity index (χ1) is 10.6. The molecule has 1 atom stereocenters. The van der Waals surface area contributed by atoms with Crippen molar-refractivity contribution in [2.75, 3.05) is 20.4 Å². The fourth-order valence-electron chi connectivity index (χ4n) is 2.38. The molecule has 2 heterocycles. The van der Waals surface area contributed by atoms with Crippen LogP contribution in [0.1, 0.15) is 12.0 Å². The van der Waals surface area contributed by atoms with Gasteiger partial charge in [-0.3, -0.25) is 9.88 Å². The lowest BCUT2D eigenvalue weighted by Gasteiger charge is -2.35. The molecule has 1 aromatic rings. The maximum Gasteiger partial charge on any atom is 0.409 e. The van der Waals surface area contributed by atoms with E-state index in [0.717, 1.165) is 4.90 Å². The fraction of sp³-hybridized carbons (Fsp3) is 0.357. The number of amides is 1. The Morgan fingerprint density at radius 3 is 2.59 bits per heavy atom. The third kappa shape index (κ3) is 3.23. The van der Waals surface area contributed by atoms with E-state index >= 15 is 0 Å². The number of carboxylic acid groups (broad SMARTS) is 2. The summed E-state index contributed by atoms with van der Waals surface area (Å²) in [4.78, 5) is 27.8. The summed E-state index contributed by atoms with van der Waals surface area (Å²) in [6.07, 6.45) is 0.929. The fourth-order valence-corrected chi connectivity index (χ4v) is 2.38. The van der Waals surface area contributed by atoms with Gasteiger partial charge in [0.1, 0.15) is 6.79 Å². The number of methoxy groups -OCH3 is 1. The van der Waals surface area contributed by atoms with E-state index in [-0.39, 0.29) is 25.3 Å². The molecule has 8 nitrogen and oxygen atoms in total. The van der Waals surface area contributed by atoms with Gasteiger partial charge in [-0.2, -0.15) is 0 Å². The molecule has 0 aromatic carbocycles. The van der Waals surface area contributed by atoms with Crippen molar-refractivity contribution in [3.8, 4) is 0 Å². The van der Waals surface area contributed by atoms with Gasteiger partial charge < -0.3 is 19.7 Å². The molecule has 0 fully saturated rings. The number of aromatic nitrogens is 1. The van der Waals surface area contributed by atoms with Gasteiger partial charge in [0.25, 0.3) is 0 Å². The molecule has 1 amide bonds. The Morgan fingerprint density at radius 1 is 1.36 bits per heavy atom. The van der Waals surface area contributed by atoms with Crippen molar-refractivity contribution in [1.82, 2.24) is 9.88 Å². The van der Waals surface area contributed by atoms with Gasteiger partial charge >= 0.3 is 12.1 Å². The smallest absolute Gasteiger partial charge is 0.409 e. The second-order valence-corrected chi connectivity index (χ2v) is 4.58. The molecule has 2 rings (SSSR count). The molecule has 1 aromatic heterocycles. The van der Waals surface area contributed by atoms with Gasteiger partial charge in [-0.15, -0.1) is 0 Å². The van der Waals surface area contributed by atoms with E-state index in [9.17, 15) is 19.8 Å². The number of carboxylic acids is 1.